The predicted octanol–water partition coefficient (Wildman–Crippen LogP) is 10.2. The van der Waals surface area contributed by atoms with Crippen LogP contribution in [-0.2, 0) is 23.9 Å². The minimum atomic E-state index is 0.0961. The molecule has 4 heterocycles. The molecule has 4 aliphatic heterocycles. The van der Waals surface area contributed by atoms with Gasteiger partial charge in [0.2, 0.25) is 0 Å². The first-order chi connectivity index (χ1) is 32.5. The molecule has 0 bridgehead atoms. The fourth-order valence-corrected chi connectivity index (χ4v) is 14.1. The smallest absolute Gasteiger partial charge is 0.119 e. The Bertz CT molecular complexity index is 2330. The maximum Gasteiger partial charge on any atom is 0.119 e. The SMILES string of the molecule is CN1CCc2ccccc2C1(C1CCC(c2ccc3c(c2)CCNC3(C2CCCC2)C2CN(CCCCOc3ccc(C#N)cc3)C2)C1)C1CN(CCCCCOc2ccc(C#N)cc2)C1. The lowest BCUT2D eigenvalue weighted by Crippen LogP contribution is -2.66. The number of hydrogen-bond donors (Lipinski definition) is 1. The van der Waals surface area contributed by atoms with E-state index in [-0.39, 0.29) is 11.1 Å². The second-order valence-electron chi connectivity index (χ2n) is 21.0. The highest BCUT2D eigenvalue weighted by molar-refractivity contribution is 5.44. The number of benzene rings is 4. The van der Waals surface area contributed by atoms with Crippen LogP contribution < -0.4 is 14.8 Å². The second-order valence-corrected chi connectivity index (χ2v) is 21.0. The van der Waals surface area contributed by atoms with Crippen molar-refractivity contribution < 1.29 is 9.47 Å². The standard InChI is InChI=1S/C58H72N6O2/c1-62-32-28-45-11-3-6-14-56(45)58(62,52-41-64(42-52)30-7-2-9-33-65-53-22-15-43(37-59)16-23-53)50-21-19-47(36-50)46-20-26-55-48(35-46)27-29-61-57(55,49-12-4-5-13-49)51-39-63(40-51)31-8-10-34-66-54-24-17-44(38-60)18-25-54/h3,6,11,14-18,20,22-26,35,47,49-52,61H,2,4-5,7-10,12-13,19,21,27-34,36,39-42H2,1H3. The van der Waals surface area contributed by atoms with Gasteiger partial charge in [-0.2, -0.15) is 10.5 Å². The largest absolute Gasteiger partial charge is 0.494 e. The lowest BCUT2D eigenvalue weighted by Gasteiger charge is -2.60. The van der Waals surface area contributed by atoms with Crippen molar-refractivity contribution in [2.24, 2.45) is 23.7 Å². The van der Waals surface area contributed by atoms with E-state index in [1.807, 2.05) is 48.5 Å². The van der Waals surface area contributed by atoms with Gasteiger partial charge >= 0.3 is 0 Å². The highest BCUT2D eigenvalue weighted by Gasteiger charge is 2.57. The topological polar surface area (TPSA) is 87.8 Å². The molecule has 4 fully saturated rings. The van der Waals surface area contributed by atoms with E-state index in [1.54, 1.807) is 27.8 Å². The molecular formula is C58H72N6O2. The highest BCUT2D eigenvalue weighted by Crippen LogP contribution is 2.57. The molecule has 4 unspecified atom stereocenters. The van der Waals surface area contributed by atoms with Gasteiger partial charge in [0.1, 0.15) is 11.5 Å². The lowest BCUT2D eigenvalue weighted by molar-refractivity contribution is -0.0822. The number of nitriles is 2. The average Bonchev–Trinajstić information content (AvgIpc) is 4.07. The number of nitrogens with zero attached hydrogens (tertiary/aromatic N) is 5. The molecule has 8 heteroatoms. The minimum Gasteiger partial charge on any atom is -0.494 e. The number of likely N-dealkylation sites (tertiary alicyclic amines) is 2. The Morgan fingerprint density at radius 1 is 0.621 bits per heavy atom. The van der Waals surface area contributed by atoms with E-state index < -0.39 is 0 Å². The highest BCUT2D eigenvalue weighted by atomic mass is 16.5. The maximum atomic E-state index is 9.09. The molecule has 0 aromatic heterocycles. The molecule has 4 aromatic rings. The second kappa shape index (κ2) is 20.3. The molecule has 0 radical (unpaired) electrons. The number of likely N-dealkylation sites (N-methyl/N-ethyl adjacent to an activating group) is 1. The van der Waals surface area contributed by atoms with Crippen LogP contribution in [0.15, 0.2) is 91.0 Å². The van der Waals surface area contributed by atoms with Crippen molar-refractivity contribution in [3.05, 3.63) is 130 Å². The van der Waals surface area contributed by atoms with E-state index in [1.165, 1.54) is 90.5 Å². The minimum absolute atomic E-state index is 0.0961. The number of fused-ring (bicyclic) bond motifs is 2. The molecule has 4 aromatic carbocycles. The van der Waals surface area contributed by atoms with Crippen LogP contribution in [0.5, 0.6) is 11.5 Å². The van der Waals surface area contributed by atoms with Gasteiger partial charge in [-0.3, -0.25) is 4.90 Å². The number of nitrogens with one attached hydrogen (secondary N) is 1. The Morgan fingerprint density at radius 3 is 1.94 bits per heavy atom. The fraction of sp³-hybridized carbons (Fsp3) is 0.552. The molecule has 0 amide bonds. The summed E-state index contributed by atoms with van der Waals surface area (Å²) >= 11 is 0. The quantitative estimate of drug-likeness (QED) is 0.0989. The predicted molar refractivity (Wildman–Crippen MR) is 263 cm³/mol. The lowest BCUT2D eigenvalue weighted by atomic mass is 9.61. The van der Waals surface area contributed by atoms with Crippen LogP contribution in [0.25, 0.3) is 0 Å². The van der Waals surface area contributed by atoms with Gasteiger partial charge in [0.05, 0.1) is 47.6 Å². The van der Waals surface area contributed by atoms with Crippen LogP contribution in [-0.4, -0.2) is 87.3 Å². The van der Waals surface area contributed by atoms with E-state index in [4.69, 9.17) is 20.0 Å². The molecule has 2 aliphatic carbocycles. The summed E-state index contributed by atoms with van der Waals surface area (Å²) in [5.41, 5.74) is 9.67. The third-order valence-electron chi connectivity index (χ3n) is 17.4. The molecule has 8 nitrogen and oxygen atoms in total. The van der Waals surface area contributed by atoms with Crippen molar-refractivity contribution >= 4 is 0 Å². The summed E-state index contributed by atoms with van der Waals surface area (Å²) in [6, 6.07) is 36.8. The van der Waals surface area contributed by atoms with Gasteiger partial charge in [-0.25, -0.2) is 0 Å². The molecule has 1 N–H and O–H groups in total. The van der Waals surface area contributed by atoms with Crippen molar-refractivity contribution in [1.82, 2.24) is 20.0 Å². The zero-order chi connectivity index (χ0) is 44.9. The molecule has 10 rings (SSSR count). The third kappa shape index (κ3) is 8.92. The molecule has 6 aliphatic rings. The normalized spacial score (nSPS) is 26.2. The van der Waals surface area contributed by atoms with Crippen molar-refractivity contribution in [1.29, 1.82) is 10.5 Å². The van der Waals surface area contributed by atoms with Crippen LogP contribution in [0.2, 0.25) is 0 Å². The van der Waals surface area contributed by atoms with Gasteiger partial charge < -0.3 is 24.6 Å². The van der Waals surface area contributed by atoms with E-state index in [2.05, 4.69) is 81.7 Å². The van der Waals surface area contributed by atoms with Crippen LogP contribution in [0, 0.1) is 46.3 Å². The maximum absolute atomic E-state index is 9.09. The summed E-state index contributed by atoms with van der Waals surface area (Å²) < 4.78 is 12.0. The van der Waals surface area contributed by atoms with E-state index >= 15 is 0 Å². The number of unbranched alkanes of at least 4 members (excludes halogenated alkanes) is 3. The Balaban J connectivity index is 0.775. The summed E-state index contributed by atoms with van der Waals surface area (Å²) in [6.45, 7) is 10.8. The van der Waals surface area contributed by atoms with Gasteiger partial charge in [-0.15, -0.1) is 0 Å². The fourth-order valence-electron chi connectivity index (χ4n) is 14.1. The van der Waals surface area contributed by atoms with Crippen LogP contribution >= 0.6 is 0 Å². The van der Waals surface area contributed by atoms with Crippen molar-refractivity contribution in [3.63, 3.8) is 0 Å². The molecule has 2 saturated heterocycles. The molecule has 4 atom stereocenters. The van der Waals surface area contributed by atoms with E-state index in [9.17, 15) is 0 Å². The van der Waals surface area contributed by atoms with Crippen molar-refractivity contribution in [2.45, 2.75) is 107 Å². The molecule has 346 valence electrons. The van der Waals surface area contributed by atoms with Crippen LogP contribution in [0.1, 0.15) is 122 Å². The zero-order valence-corrected chi connectivity index (χ0v) is 39.6. The molecule has 0 spiro atoms. The van der Waals surface area contributed by atoms with Crippen molar-refractivity contribution in [3.8, 4) is 23.6 Å². The Labute approximate surface area is 395 Å². The van der Waals surface area contributed by atoms with Crippen LogP contribution in [0.3, 0.4) is 0 Å². The summed E-state index contributed by atoms with van der Waals surface area (Å²) in [4.78, 5) is 8.25. The van der Waals surface area contributed by atoms with Gasteiger partial charge in [0, 0.05) is 51.1 Å². The number of ether oxygens (including phenoxy) is 2. The number of rotatable bonds is 18. The Kier molecular flexibility index (Phi) is 13.8. The molecule has 2 saturated carbocycles. The van der Waals surface area contributed by atoms with Gasteiger partial charge in [-0.1, -0.05) is 55.3 Å². The van der Waals surface area contributed by atoms with E-state index in [0.717, 1.165) is 82.4 Å². The van der Waals surface area contributed by atoms with Crippen molar-refractivity contribution in [2.75, 3.05) is 72.6 Å². The first-order valence-corrected chi connectivity index (χ1v) is 25.9. The molecular weight excluding hydrogens is 813 g/mol. The summed E-state index contributed by atoms with van der Waals surface area (Å²) in [5, 5.41) is 22.5. The summed E-state index contributed by atoms with van der Waals surface area (Å²) in [5.74, 6) is 5.02. The Hall–Kier alpha value is -4.70. The monoisotopic (exact) mass is 885 g/mol. The Morgan fingerprint density at radius 2 is 1.26 bits per heavy atom. The summed E-state index contributed by atoms with van der Waals surface area (Å²) in [7, 11) is 2.46. The van der Waals surface area contributed by atoms with Crippen LogP contribution in [0.4, 0.5) is 0 Å². The first-order valence-electron chi connectivity index (χ1n) is 25.9. The van der Waals surface area contributed by atoms with E-state index in [0.29, 0.717) is 34.8 Å². The van der Waals surface area contributed by atoms with Gasteiger partial charge in [-0.05, 0) is 191 Å². The zero-order valence-electron chi connectivity index (χ0n) is 39.6. The first kappa shape index (κ1) is 45.1. The van der Waals surface area contributed by atoms with Gasteiger partial charge in [0.25, 0.3) is 0 Å². The van der Waals surface area contributed by atoms with Gasteiger partial charge in [0.15, 0.2) is 0 Å². The molecule has 66 heavy (non-hydrogen) atoms. The summed E-state index contributed by atoms with van der Waals surface area (Å²) in [6.07, 6.45) is 17.3. The average molecular weight is 885 g/mol. The third-order valence-corrected chi connectivity index (χ3v) is 17.4. The number of hydrogen-bond acceptors (Lipinski definition) is 8.